The summed E-state index contributed by atoms with van der Waals surface area (Å²) in [5, 5.41) is 2.83. The zero-order valence-corrected chi connectivity index (χ0v) is 11.1. The Morgan fingerprint density at radius 3 is 2.58 bits per heavy atom. The van der Waals surface area contributed by atoms with Crippen LogP contribution in [0, 0.1) is 0 Å². The maximum Gasteiger partial charge on any atom is 0.323 e. The molecule has 6 nitrogen and oxygen atoms in total. The lowest BCUT2D eigenvalue weighted by atomic mass is 10.2. The summed E-state index contributed by atoms with van der Waals surface area (Å²) in [7, 11) is 0. The second-order valence-electron chi connectivity index (χ2n) is 4.35. The average molecular weight is 262 g/mol. The lowest BCUT2D eigenvalue weighted by molar-refractivity contribution is -0.117. The van der Waals surface area contributed by atoms with Gasteiger partial charge in [0.2, 0.25) is 5.91 Å². The number of fused-ring (bicyclic) bond motifs is 1. The highest BCUT2D eigenvalue weighted by atomic mass is 16.2. The van der Waals surface area contributed by atoms with E-state index < -0.39 is 0 Å². The number of benzene rings is 1. The van der Waals surface area contributed by atoms with Gasteiger partial charge in [0.15, 0.2) is 0 Å². The van der Waals surface area contributed by atoms with Crippen LogP contribution < -0.4 is 11.0 Å². The summed E-state index contributed by atoms with van der Waals surface area (Å²) in [6.07, 6.45) is 0. The van der Waals surface area contributed by atoms with Gasteiger partial charge in [0.25, 0.3) is 0 Å². The van der Waals surface area contributed by atoms with Crippen molar-refractivity contribution >= 4 is 22.6 Å². The van der Waals surface area contributed by atoms with Crippen molar-refractivity contribution in [1.29, 1.82) is 0 Å². The standard InChI is InChI=1S/C13H18N4O2/c1-3-17(4-2)8-12(18)14-9-5-6-10-11(7-9)16-13(19)15-10/h5-7H,3-4,8H2,1-2H3,(H,14,18)(H2,15,16,19). The van der Waals surface area contributed by atoms with Crippen LogP contribution in [0.2, 0.25) is 0 Å². The molecule has 1 aromatic carbocycles. The Morgan fingerprint density at radius 2 is 1.89 bits per heavy atom. The van der Waals surface area contributed by atoms with Gasteiger partial charge >= 0.3 is 5.69 Å². The van der Waals surface area contributed by atoms with E-state index in [1.165, 1.54) is 0 Å². The number of amides is 1. The number of likely N-dealkylation sites (N-methyl/N-ethyl adjacent to an activating group) is 1. The SMILES string of the molecule is CCN(CC)CC(=O)Nc1ccc2[nH]c(=O)[nH]c2c1. The minimum atomic E-state index is -0.249. The third-order valence-corrected chi connectivity index (χ3v) is 3.06. The van der Waals surface area contributed by atoms with E-state index >= 15 is 0 Å². The van der Waals surface area contributed by atoms with E-state index in [4.69, 9.17) is 0 Å². The van der Waals surface area contributed by atoms with Crippen molar-refractivity contribution in [2.24, 2.45) is 0 Å². The highest BCUT2D eigenvalue weighted by molar-refractivity contribution is 5.94. The Kier molecular flexibility index (Phi) is 4.01. The fraction of sp³-hybridized carbons (Fsp3) is 0.385. The van der Waals surface area contributed by atoms with Crippen LogP contribution in [-0.2, 0) is 4.79 Å². The fourth-order valence-electron chi connectivity index (χ4n) is 1.96. The lowest BCUT2D eigenvalue weighted by Gasteiger charge is -2.17. The van der Waals surface area contributed by atoms with Gasteiger partial charge in [0.1, 0.15) is 0 Å². The van der Waals surface area contributed by atoms with E-state index in [2.05, 4.69) is 15.3 Å². The number of carbonyl (C=O) groups excluding carboxylic acids is 1. The second-order valence-corrected chi connectivity index (χ2v) is 4.35. The molecule has 0 fully saturated rings. The summed E-state index contributed by atoms with van der Waals surface area (Å²) in [6, 6.07) is 5.28. The number of aromatic nitrogens is 2. The first-order chi connectivity index (χ1) is 9.12. The number of aromatic amines is 2. The summed E-state index contributed by atoms with van der Waals surface area (Å²) in [4.78, 5) is 30.3. The molecule has 0 spiro atoms. The normalized spacial score (nSPS) is 11.1. The molecule has 1 amide bonds. The first-order valence-corrected chi connectivity index (χ1v) is 6.36. The van der Waals surface area contributed by atoms with Crippen LogP contribution in [0.3, 0.4) is 0 Å². The first-order valence-electron chi connectivity index (χ1n) is 6.36. The monoisotopic (exact) mass is 262 g/mol. The molecule has 0 saturated carbocycles. The van der Waals surface area contributed by atoms with E-state index in [0.29, 0.717) is 17.7 Å². The van der Waals surface area contributed by atoms with Gasteiger partial charge in [-0.15, -0.1) is 0 Å². The molecule has 2 aromatic rings. The van der Waals surface area contributed by atoms with Gasteiger partial charge in [-0.1, -0.05) is 13.8 Å². The molecule has 0 saturated heterocycles. The van der Waals surface area contributed by atoms with Gasteiger partial charge in [-0.2, -0.15) is 0 Å². The quantitative estimate of drug-likeness (QED) is 0.755. The van der Waals surface area contributed by atoms with Gasteiger partial charge in [-0.05, 0) is 31.3 Å². The molecule has 1 heterocycles. The highest BCUT2D eigenvalue weighted by Crippen LogP contribution is 2.14. The Bertz CT molecular complexity index is 625. The van der Waals surface area contributed by atoms with Crippen molar-refractivity contribution < 1.29 is 4.79 Å². The third kappa shape index (κ3) is 3.23. The van der Waals surface area contributed by atoms with Gasteiger partial charge in [0.05, 0.1) is 17.6 Å². The Hall–Kier alpha value is -2.08. The van der Waals surface area contributed by atoms with Crippen molar-refractivity contribution in [3.8, 4) is 0 Å². The number of rotatable bonds is 5. The molecule has 0 aliphatic heterocycles. The molecule has 3 N–H and O–H groups in total. The number of nitrogens with one attached hydrogen (secondary N) is 3. The second kappa shape index (κ2) is 5.71. The lowest BCUT2D eigenvalue weighted by Crippen LogP contribution is -2.32. The molecule has 0 aliphatic rings. The predicted octanol–water partition coefficient (Wildman–Crippen LogP) is 1.14. The van der Waals surface area contributed by atoms with Gasteiger partial charge in [-0.25, -0.2) is 4.79 Å². The van der Waals surface area contributed by atoms with Crippen LogP contribution in [-0.4, -0.2) is 40.4 Å². The van der Waals surface area contributed by atoms with Crippen LogP contribution in [0.25, 0.3) is 11.0 Å². The molecular formula is C13H18N4O2. The van der Waals surface area contributed by atoms with E-state index in [0.717, 1.165) is 18.6 Å². The molecule has 102 valence electrons. The maximum absolute atomic E-state index is 11.8. The minimum absolute atomic E-state index is 0.0547. The zero-order chi connectivity index (χ0) is 13.8. The van der Waals surface area contributed by atoms with Crippen molar-refractivity contribution in [2.75, 3.05) is 25.0 Å². The number of nitrogens with zero attached hydrogens (tertiary/aromatic N) is 1. The third-order valence-electron chi connectivity index (χ3n) is 3.06. The predicted molar refractivity (Wildman–Crippen MR) is 75.3 cm³/mol. The number of H-pyrrole nitrogens is 2. The molecular weight excluding hydrogens is 244 g/mol. The highest BCUT2D eigenvalue weighted by Gasteiger charge is 2.08. The summed E-state index contributed by atoms with van der Waals surface area (Å²) in [5.74, 6) is -0.0547. The molecule has 19 heavy (non-hydrogen) atoms. The minimum Gasteiger partial charge on any atom is -0.325 e. The van der Waals surface area contributed by atoms with Crippen molar-refractivity contribution in [1.82, 2.24) is 14.9 Å². The van der Waals surface area contributed by atoms with E-state index in [-0.39, 0.29) is 11.6 Å². The topological polar surface area (TPSA) is 81.0 Å². The fourth-order valence-corrected chi connectivity index (χ4v) is 1.96. The number of hydrogen-bond donors (Lipinski definition) is 3. The molecule has 1 aromatic heterocycles. The van der Waals surface area contributed by atoms with Crippen LogP contribution in [0.15, 0.2) is 23.0 Å². The van der Waals surface area contributed by atoms with E-state index in [1.807, 2.05) is 18.7 Å². The molecule has 2 rings (SSSR count). The Balaban J connectivity index is 2.08. The average Bonchev–Trinajstić information content (AvgIpc) is 2.75. The van der Waals surface area contributed by atoms with Crippen LogP contribution >= 0.6 is 0 Å². The van der Waals surface area contributed by atoms with Crippen molar-refractivity contribution in [2.45, 2.75) is 13.8 Å². The number of anilines is 1. The zero-order valence-electron chi connectivity index (χ0n) is 11.1. The molecule has 0 atom stereocenters. The summed E-state index contributed by atoms with van der Waals surface area (Å²) in [6.45, 7) is 6.09. The summed E-state index contributed by atoms with van der Waals surface area (Å²) in [5.41, 5.74) is 1.85. The number of imidazole rings is 1. The first kappa shape index (κ1) is 13.4. The van der Waals surface area contributed by atoms with Crippen molar-refractivity contribution in [3.05, 3.63) is 28.7 Å². The van der Waals surface area contributed by atoms with Gasteiger partial charge < -0.3 is 15.3 Å². The number of carbonyl (C=O) groups is 1. The van der Waals surface area contributed by atoms with Crippen molar-refractivity contribution in [3.63, 3.8) is 0 Å². The Morgan fingerprint density at radius 1 is 1.21 bits per heavy atom. The van der Waals surface area contributed by atoms with Crippen LogP contribution in [0.4, 0.5) is 5.69 Å². The largest absolute Gasteiger partial charge is 0.325 e. The smallest absolute Gasteiger partial charge is 0.323 e. The van der Waals surface area contributed by atoms with E-state index in [9.17, 15) is 9.59 Å². The molecule has 0 aliphatic carbocycles. The van der Waals surface area contributed by atoms with E-state index in [1.54, 1.807) is 18.2 Å². The maximum atomic E-state index is 11.8. The molecule has 0 unspecified atom stereocenters. The molecule has 0 radical (unpaired) electrons. The summed E-state index contributed by atoms with van der Waals surface area (Å²) < 4.78 is 0. The van der Waals surface area contributed by atoms with Crippen LogP contribution in [0.1, 0.15) is 13.8 Å². The summed E-state index contributed by atoms with van der Waals surface area (Å²) >= 11 is 0. The molecule has 0 bridgehead atoms. The van der Waals surface area contributed by atoms with Crippen LogP contribution in [0.5, 0.6) is 0 Å². The van der Waals surface area contributed by atoms with Gasteiger partial charge in [-0.3, -0.25) is 9.69 Å². The Labute approximate surface area is 110 Å². The number of hydrogen-bond acceptors (Lipinski definition) is 3. The molecule has 6 heteroatoms. The van der Waals surface area contributed by atoms with Gasteiger partial charge in [0, 0.05) is 5.69 Å².